The summed E-state index contributed by atoms with van der Waals surface area (Å²) in [4.78, 5) is 0. The lowest BCUT2D eigenvalue weighted by Gasteiger charge is -2.23. The SMILES string of the molecule is CCOC1C=C(C(F)(F)F)OCO1. The Balaban J connectivity index is 2.64. The molecule has 76 valence electrons. The number of hydrogen-bond acceptors (Lipinski definition) is 3. The highest BCUT2D eigenvalue weighted by Gasteiger charge is 2.38. The normalized spacial score (nSPS) is 23.7. The highest BCUT2D eigenvalue weighted by molar-refractivity contribution is 5.03. The Morgan fingerprint density at radius 2 is 2.31 bits per heavy atom. The Kier molecular flexibility index (Phi) is 3.16. The second-order valence-corrected chi connectivity index (χ2v) is 2.28. The van der Waals surface area contributed by atoms with Crippen molar-refractivity contribution in [2.24, 2.45) is 0 Å². The molecule has 6 heteroatoms. The molecule has 1 atom stereocenters. The highest BCUT2D eigenvalue weighted by Crippen LogP contribution is 2.29. The summed E-state index contributed by atoms with van der Waals surface area (Å²) in [6, 6.07) is 0. The average molecular weight is 198 g/mol. The molecule has 13 heavy (non-hydrogen) atoms. The number of alkyl halides is 3. The third-order valence-electron chi connectivity index (χ3n) is 1.34. The van der Waals surface area contributed by atoms with Gasteiger partial charge in [-0.15, -0.1) is 0 Å². The standard InChI is InChI=1S/C7H9F3O3/c1-2-11-6-3-5(7(8,9)10)12-4-13-6/h3,6H,2,4H2,1H3. The number of allylic oxidation sites excluding steroid dienone is 1. The van der Waals surface area contributed by atoms with Gasteiger partial charge >= 0.3 is 6.18 Å². The van der Waals surface area contributed by atoms with Crippen molar-refractivity contribution in [2.45, 2.75) is 19.4 Å². The fraction of sp³-hybridized carbons (Fsp3) is 0.714. The van der Waals surface area contributed by atoms with Crippen LogP contribution in [-0.4, -0.2) is 25.9 Å². The lowest BCUT2D eigenvalue weighted by Crippen LogP contribution is -2.27. The molecule has 0 saturated carbocycles. The fourth-order valence-electron chi connectivity index (χ4n) is 0.821. The van der Waals surface area contributed by atoms with E-state index in [1.165, 1.54) is 0 Å². The molecule has 1 rings (SSSR count). The van der Waals surface area contributed by atoms with Crippen LogP contribution in [0.25, 0.3) is 0 Å². The molecule has 0 bridgehead atoms. The molecule has 0 N–H and O–H groups in total. The molecule has 0 aromatic carbocycles. The predicted octanol–water partition coefficient (Wildman–Crippen LogP) is 1.80. The smallest absolute Gasteiger partial charge is 0.448 e. The van der Waals surface area contributed by atoms with E-state index in [1.54, 1.807) is 6.92 Å². The van der Waals surface area contributed by atoms with Crippen LogP contribution in [0.5, 0.6) is 0 Å². The van der Waals surface area contributed by atoms with Gasteiger partial charge in [-0.25, -0.2) is 0 Å². The molecule has 3 nitrogen and oxygen atoms in total. The Morgan fingerprint density at radius 3 is 2.85 bits per heavy atom. The summed E-state index contributed by atoms with van der Waals surface area (Å²) in [7, 11) is 0. The number of ether oxygens (including phenoxy) is 3. The topological polar surface area (TPSA) is 27.7 Å². The largest absolute Gasteiger partial charge is 0.462 e. The summed E-state index contributed by atoms with van der Waals surface area (Å²) in [6.07, 6.45) is -4.66. The van der Waals surface area contributed by atoms with Gasteiger partial charge in [0.2, 0.25) is 5.76 Å². The van der Waals surface area contributed by atoms with Crippen LogP contribution in [0.3, 0.4) is 0 Å². The van der Waals surface area contributed by atoms with Crippen molar-refractivity contribution in [1.82, 2.24) is 0 Å². The third-order valence-corrected chi connectivity index (χ3v) is 1.34. The maximum atomic E-state index is 12.1. The monoisotopic (exact) mass is 198 g/mol. The maximum Gasteiger partial charge on any atom is 0.448 e. The van der Waals surface area contributed by atoms with Crippen LogP contribution in [0.2, 0.25) is 0 Å². The van der Waals surface area contributed by atoms with Crippen molar-refractivity contribution in [2.75, 3.05) is 13.4 Å². The first-order valence-corrected chi connectivity index (χ1v) is 3.69. The van der Waals surface area contributed by atoms with E-state index in [1.807, 2.05) is 0 Å². The first-order chi connectivity index (χ1) is 6.04. The Morgan fingerprint density at radius 1 is 1.62 bits per heavy atom. The van der Waals surface area contributed by atoms with Crippen molar-refractivity contribution in [3.8, 4) is 0 Å². The van der Waals surface area contributed by atoms with Crippen molar-refractivity contribution in [1.29, 1.82) is 0 Å². The van der Waals surface area contributed by atoms with Gasteiger partial charge in [0.25, 0.3) is 0 Å². The minimum absolute atomic E-state index is 0.284. The molecule has 0 amide bonds. The van der Waals surface area contributed by atoms with Crippen molar-refractivity contribution < 1.29 is 27.4 Å². The van der Waals surface area contributed by atoms with Crippen LogP contribution < -0.4 is 0 Å². The second kappa shape index (κ2) is 3.97. The zero-order valence-corrected chi connectivity index (χ0v) is 6.93. The molecule has 0 saturated heterocycles. The molecule has 0 radical (unpaired) electrons. The van der Waals surface area contributed by atoms with Crippen LogP contribution in [0.15, 0.2) is 11.8 Å². The van der Waals surface area contributed by atoms with Gasteiger partial charge in [0.05, 0.1) is 0 Å². The molecule has 0 spiro atoms. The van der Waals surface area contributed by atoms with Gasteiger partial charge in [0.1, 0.15) is 0 Å². The number of rotatable bonds is 2. The fourth-order valence-corrected chi connectivity index (χ4v) is 0.821. The maximum absolute atomic E-state index is 12.1. The summed E-state index contributed by atoms with van der Waals surface area (Å²) in [6.45, 7) is 1.52. The molecule has 0 aromatic rings. The van der Waals surface area contributed by atoms with E-state index in [0.717, 1.165) is 6.08 Å². The van der Waals surface area contributed by atoms with Gasteiger partial charge in [0.15, 0.2) is 13.1 Å². The quantitative estimate of drug-likeness (QED) is 0.677. The van der Waals surface area contributed by atoms with Gasteiger partial charge in [-0.2, -0.15) is 13.2 Å². The molecule has 1 heterocycles. The molecular weight excluding hydrogens is 189 g/mol. The van der Waals surface area contributed by atoms with Gasteiger partial charge in [0, 0.05) is 12.7 Å². The van der Waals surface area contributed by atoms with Crippen LogP contribution in [-0.2, 0) is 14.2 Å². The van der Waals surface area contributed by atoms with Crippen molar-refractivity contribution in [3.05, 3.63) is 11.8 Å². The van der Waals surface area contributed by atoms with Gasteiger partial charge in [-0.3, -0.25) is 0 Å². The highest BCUT2D eigenvalue weighted by atomic mass is 19.4. The zero-order chi connectivity index (χ0) is 9.90. The van der Waals surface area contributed by atoms with E-state index in [-0.39, 0.29) is 6.61 Å². The van der Waals surface area contributed by atoms with Crippen LogP contribution in [0, 0.1) is 0 Å². The summed E-state index contributed by atoms with van der Waals surface area (Å²) >= 11 is 0. The summed E-state index contributed by atoms with van der Waals surface area (Å²) in [5, 5.41) is 0. The van der Waals surface area contributed by atoms with Gasteiger partial charge in [-0.05, 0) is 6.92 Å². The molecule has 0 aromatic heterocycles. The van der Waals surface area contributed by atoms with Crippen LogP contribution >= 0.6 is 0 Å². The molecule has 1 aliphatic rings. The lowest BCUT2D eigenvalue weighted by atomic mass is 10.4. The Labute approximate surface area is 73.1 Å². The Bertz CT molecular complexity index is 200. The summed E-state index contributed by atoms with van der Waals surface area (Å²) in [5.41, 5.74) is 0. The zero-order valence-electron chi connectivity index (χ0n) is 6.93. The second-order valence-electron chi connectivity index (χ2n) is 2.28. The molecule has 1 unspecified atom stereocenters. The van der Waals surface area contributed by atoms with Crippen LogP contribution in [0.1, 0.15) is 6.92 Å². The third kappa shape index (κ3) is 2.89. The van der Waals surface area contributed by atoms with Gasteiger partial charge < -0.3 is 14.2 Å². The number of hydrogen-bond donors (Lipinski definition) is 0. The Hall–Kier alpha value is -0.750. The minimum Gasteiger partial charge on any atom is -0.462 e. The van der Waals surface area contributed by atoms with E-state index in [9.17, 15) is 13.2 Å². The summed E-state index contributed by atoms with van der Waals surface area (Å²) < 4.78 is 50.0. The number of halogens is 3. The first kappa shape index (κ1) is 10.3. The lowest BCUT2D eigenvalue weighted by molar-refractivity contribution is -0.213. The molecule has 0 fully saturated rings. The van der Waals surface area contributed by atoms with E-state index >= 15 is 0 Å². The van der Waals surface area contributed by atoms with Gasteiger partial charge in [-0.1, -0.05) is 0 Å². The molecule has 1 aliphatic heterocycles. The predicted molar refractivity (Wildman–Crippen MR) is 36.6 cm³/mol. The van der Waals surface area contributed by atoms with Crippen LogP contribution in [0.4, 0.5) is 13.2 Å². The first-order valence-electron chi connectivity index (χ1n) is 3.69. The minimum atomic E-state index is -4.47. The molecular formula is C7H9F3O3. The van der Waals surface area contributed by atoms with E-state index in [0.29, 0.717) is 0 Å². The van der Waals surface area contributed by atoms with E-state index in [4.69, 9.17) is 9.47 Å². The summed E-state index contributed by atoms with van der Waals surface area (Å²) in [5.74, 6) is -1.06. The van der Waals surface area contributed by atoms with E-state index < -0.39 is 25.0 Å². The van der Waals surface area contributed by atoms with Crippen molar-refractivity contribution >= 4 is 0 Å². The average Bonchev–Trinajstić information content (AvgIpc) is 2.04. The van der Waals surface area contributed by atoms with Crippen molar-refractivity contribution in [3.63, 3.8) is 0 Å². The molecule has 0 aliphatic carbocycles. The van der Waals surface area contributed by atoms with E-state index in [2.05, 4.69) is 4.74 Å².